The summed E-state index contributed by atoms with van der Waals surface area (Å²) in [5, 5.41) is 0.674. The molecule has 0 unspecified atom stereocenters. The normalized spacial score (nSPS) is 13.1. The predicted molar refractivity (Wildman–Crippen MR) is 133 cm³/mol. The molecule has 0 spiro atoms. The number of nitrogens with one attached hydrogen (secondary N) is 1. The van der Waals surface area contributed by atoms with Crippen LogP contribution in [0.3, 0.4) is 0 Å². The minimum atomic E-state index is -4.09. The van der Waals surface area contributed by atoms with E-state index in [-0.39, 0.29) is 35.7 Å². The quantitative estimate of drug-likeness (QED) is 0.347. The minimum absolute atomic E-state index is 0.0380. The van der Waals surface area contributed by atoms with Gasteiger partial charge in [0.2, 0.25) is 10.0 Å². The van der Waals surface area contributed by atoms with Crippen molar-refractivity contribution in [2.45, 2.75) is 24.9 Å². The van der Waals surface area contributed by atoms with Gasteiger partial charge < -0.3 is 23.6 Å². The summed E-state index contributed by atoms with van der Waals surface area (Å²) in [6, 6.07) is 13.9. The fourth-order valence-corrected chi connectivity index (χ4v) is 5.41. The van der Waals surface area contributed by atoms with Gasteiger partial charge in [0, 0.05) is 23.6 Å². The highest BCUT2D eigenvalue weighted by molar-refractivity contribution is 7.89. The first-order chi connectivity index (χ1) is 17.8. The Morgan fingerprint density at radius 3 is 2.43 bits per heavy atom. The third-order valence-corrected chi connectivity index (χ3v) is 7.65. The lowest BCUT2D eigenvalue weighted by Gasteiger charge is -2.22. The summed E-state index contributed by atoms with van der Waals surface area (Å²) in [7, 11) is -4.09. The maximum absolute atomic E-state index is 13.7. The first-order valence-electron chi connectivity index (χ1n) is 11.6. The molecular weight excluding hydrogens is 500 g/mol. The van der Waals surface area contributed by atoms with Gasteiger partial charge in [-0.05, 0) is 55.5 Å². The topological polar surface area (TPSA) is 128 Å². The van der Waals surface area contributed by atoms with Crippen LogP contribution in [0, 0.1) is 0 Å². The van der Waals surface area contributed by atoms with Gasteiger partial charge in [-0.2, -0.15) is 4.31 Å². The van der Waals surface area contributed by atoms with E-state index in [9.17, 15) is 18.0 Å². The number of carbonyl (C=O) groups is 1. The number of sulfonamides is 1. The van der Waals surface area contributed by atoms with Gasteiger partial charge in [-0.3, -0.25) is 4.79 Å². The van der Waals surface area contributed by atoms with E-state index >= 15 is 0 Å². The van der Waals surface area contributed by atoms with E-state index in [0.29, 0.717) is 41.4 Å². The highest BCUT2D eigenvalue weighted by atomic mass is 32.2. The van der Waals surface area contributed by atoms with Crippen molar-refractivity contribution in [3.8, 4) is 11.5 Å². The fraction of sp³-hybridized carbons (Fsp3) is 0.231. The molecule has 0 aliphatic carbocycles. The molecule has 2 aromatic heterocycles. The van der Waals surface area contributed by atoms with Crippen LogP contribution in [-0.2, 0) is 27.8 Å². The van der Waals surface area contributed by atoms with Crippen molar-refractivity contribution in [2.75, 3.05) is 19.8 Å². The van der Waals surface area contributed by atoms with E-state index in [0.717, 1.165) is 4.31 Å². The van der Waals surface area contributed by atoms with Crippen molar-refractivity contribution in [3.05, 3.63) is 88.1 Å². The summed E-state index contributed by atoms with van der Waals surface area (Å²) in [6.07, 6.45) is 1.45. The van der Waals surface area contributed by atoms with Gasteiger partial charge in [-0.15, -0.1) is 0 Å². The molecule has 1 N–H and O–H groups in total. The smallest absolute Gasteiger partial charge is 0.338 e. The first kappa shape index (κ1) is 24.6. The lowest BCUT2D eigenvalue weighted by atomic mass is 10.1. The summed E-state index contributed by atoms with van der Waals surface area (Å²) < 4.78 is 50.0. The van der Waals surface area contributed by atoms with Crippen LogP contribution >= 0.6 is 0 Å². The van der Waals surface area contributed by atoms with Crippen LogP contribution in [0.25, 0.3) is 10.9 Å². The molecule has 1 aliphatic heterocycles. The number of aromatic amines is 1. The van der Waals surface area contributed by atoms with Crippen molar-refractivity contribution < 1.29 is 31.8 Å². The Morgan fingerprint density at radius 2 is 1.76 bits per heavy atom. The van der Waals surface area contributed by atoms with Crippen molar-refractivity contribution in [1.29, 1.82) is 0 Å². The lowest BCUT2D eigenvalue weighted by Crippen LogP contribution is -2.32. The highest BCUT2D eigenvalue weighted by Gasteiger charge is 2.27. The number of hydrogen-bond donors (Lipinski definition) is 1. The Bertz CT molecular complexity index is 1590. The van der Waals surface area contributed by atoms with E-state index in [1.807, 2.05) is 0 Å². The number of aromatic nitrogens is 1. The maximum atomic E-state index is 13.7. The minimum Gasteiger partial charge on any atom is -0.486 e. The number of rotatable bonds is 8. The molecular formula is C26H24N2O8S. The molecule has 0 fully saturated rings. The second kappa shape index (κ2) is 10.1. The van der Waals surface area contributed by atoms with Crippen molar-refractivity contribution in [3.63, 3.8) is 0 Å². The number of carbonyl (C=O) groups excluding carboxylic acids is 1. The van der Waals surface area contributed by atoms with E-state index in [4.69, 9.17) is 18.6 Å². The molecule has 0 amide bonds. The van der Waals surface area contributed by atoms with E-state index in [2.05, 4.69) is 4.98 Å². The lowest BCUT2D eigenvalue weighted by molar-refractivity contribution is 0.0526. The Kier molecular flexibility index (Phi) is 6.72. The molecule has 0 radical (unpaired) electrons. The van der Waals surface area contributed by atoms with Crippen LogP contribution in [0.5, 0.6) is 11.5 Å². The number of ether oxygens (including phenoxy) is 3. The average Bonchev–Trinajstić information content (AvgIpc) is 3.41. The Hall–Kier alpha value is -4.09. The summed E-state index contributed by atoms with van der Waals surface area (Å²) in [4.78, 5) is 27.7. The van der Waals surface area contributed by atoms with Crippen LogP contribution in [-0.4, -0.2) is 43.5 Å². The zero-order chi connectivity index (χ0) is 26.0. The zero-order valence-electron chi connectivity index (χ0n) is 19.9. The van der Waals surface area contributed by atoms with Crippen LogP contribution in [0.4, 0.5) is 0 Å². The van der Waals surface area contributed by atoms with E-state index < -0.39 is 21.6 Å². The molecule has 1 aliphatic rings. The molecule has 0 bridgehead atoms. The van der Waals surface area contributed by atoms with Gasteiger partial charge in [-0.25, -0.2) is 13.2 Å². The van der Waals surface area contributed by atoms with Crippen molar-refractivity contribution in [1.82, 2.24) is 9.29 Å². The first-order valence-corrected chi connectivity index (χ1v) is 13.0. The molecule has 4 aromatic rings. The number of pyridine rings is 1. The van der Waals surface area contributed by atoms with Gasteiger partial charge in [0.1, 0.15) is 19.0 Å². The number of fused-ring (bicyclic) bond motifs is 2. The zero-order valence-corrected chi connectivity index (χ0v) is 20.7. The average molecular weight is 525 g/mol. The third-order valence-electron chi connectivity index (χ3n) is 5.85. The van der Waals surface area contributed by atoms with Crippen molar-refractivity contribution >= 4 is 26.9 Å². The molecule has 3 heterocycles. The SMILES string of the molecule is CCOC(=O)c1ccc(S(=O)(=O)N(Cc2ccco2)Cc2cc3cc4c(cc3[nH]c2=O)OCCO4)cc1. The molecule has 2 aromatic carbocycles. The number of H-pyrrole nitrogens is 1. The summed E-state index contributed by atoms with van der Waals surface area (Å²) in [5.74, 6) is 0.954. The maximum Gasteiger partial charge on any atom is 0.338 e. The van der Waals surface area contributed by atoms with Gasteiger partial charge in [0.15, 0.2) is 11.5 Å². The molecule has 10 nitrogen and oxygen atoms in total. The summed E-state index contributed by atoms with van der Waals surface area (Å²) in [5.41, 5.74) is 0.593. The summed E-state index contributed by atoms with van der Waals surface area (Å²) >= 11 is 0. The van der Waals surface area contributed by atoms with Crippen molar-refractivity contribution in [2.24, 2.45) is 0 Å². The molecule has 0 saturated heterocycles. The number of benzene rings is 2. The molecule has 0 saturated carbocycles. The second-order valence-electron chi connectivity index (χ2n) is 8.30. The van der Waals surface area contributed by atoms with Crippen LogP contribution in [0.1, 0.15) is 28.6 Å². The monoisotopic (exact) mass is 524 g/mol. The largest absolute Gasteiger partial charge is 0.486 e. The predicted octanol–water partition coefficient (Wildman–Crippen LogP) is 3.46. The molecule has 5 rings (SSSR count). The highest BCUT2D eigenvalue weighted by Crippen LogP contribution is 2.34. The Balaban J connectivity index is 1.50. The van der Waals surface area contributed by atoms with Gasteiger partial charge in [0.05, 0.1) is 35.4 Å². The van der Waals surface area contributed by atoms with Crippen LogP contribution in [0.2, 0.25) is 0 Å². The molecule has 0 atom stereocenters. The molecule has 11 heteroatoms. The van der Waals surface area contributed by atoms with Crippen LogP contribution in [0.15, 0.2) is 75.0 Å². The summed E-state index contributed by atoms with van der Waals surface area (Å²) in [6.45, 7) is 2.40. The Morgan fingerprint density at radius 1 is 1.03 bits per heavy atom. The second-order valence-corrected chi connectivity index (χ2v) is 10.2. The third kappa shape index (κ3) is 5.09. The fourth-order valence-electron chi connectivity index (χ4n) is 4.02. The molecule has 37 heavy (non-hydrogen) atoms. The Labute approximate surface area is 212 Å². The van der Waals surface area contributed by atoms with Gasteiger partial charge >= 0.3 is 5.97 Å². The molecule has 192 valence electrons. The van der Waals surface area contributed by atoms with E-state index in [1.165, 1.54) is 30.5 Å². The number of nitrogens with zero attached hydrogens (tertiary/aromatic N) is 1. The number of hydrogen-bond acceptors (Lipinski definition) is 8. The van der Waals surface area contributed by atoms with Gasteiger partial charge in [0.25, 0.3) is 5.56 Å². The van der Waals surface area contributed by atoms with Crippen LogP contribution < -0.4 is 15.0 Å². The van der Waals surface area contributed by atoms with Gasteiger partial charge in [-0.1, -0.05) is 0 Å². The van der Waals surface area contributed by atoms with E-state index in [1.54, 1.807) is 37.3 Å². The number of furan rings is 1. The number of esters is 1. The standard InChI is InChI=1S/C26H24N2O8S/c1-2-33-26(30)17-5-7-21(8-6-17)37(31,32)28(16-20-4-3-9-34-20)15-19-12-18-13-23-24(36-11-10-35-23)14-22(18)27-25(19)29/h3-9,12-14H,2,10-11,15-16H2,1H3,(H,27,29).